The molecular formula is C23H35N3O3. The number of methoxy groups -OCH3 is 1. The molecule has 6 heteroatoms. The van der Waals surface area contributed by atoms with Gasteiger partial charge in [-0.05, 0) is 44.7 Å². The lowest BCUT2D eigenvalue weighted by atomic mass is 9.94. The minimum atomic E-state index is -0.0408. The molecule has 1 aromatic carbocycles. The van der Waals surface area contributed by atoms with Crippen LogP contribution in [0.25, 0.3) is 0 Å². The lowest BCUT2D eigenvalue weighted by Gasteiger charge is -2.42. The maximum Gasteiger partial charge on any atom is 0.257 e. The van der Waals surface area contributed by atoms with Gasteiger partial charge in [0.2, 0.25) is 5.91 Å². The normalized spacial score (nSPS) is 19.2. The molecule has 0 bridgehead atoms. The second-order valence-electron chi connectivity index (χ2n) is 8.03. The Morgan fingerprint density at radius 1 is 1.07 bits per heavy atom. The topological polar surface area (TPSA) is 53.1 Å². The first-order valence-electron chi connectivity index (χ1n) is 11.1. The first-order valence-corrected chi connectivity index (χ1v) is 11.1. The molecule has 160 valence electrons. The Morgan fingerprint density at radius 3 is 2.28 bits per heavy atom. The largest absolute Gasteiger partial charge is 0.496 e. The third-order valence-corrected chi connectivity index (χ3v) is 6.51. The van der Waals surface area contributed by atoms with Crippen LogP contribution in [0.1, 0.15) is 49.9 Å². The molecule has 3 rings (SSSR count). The number of carbonyl (C=O) groups excluding carboxylic acids is 2. The van der Waals surface area contributed by atoms with Gasteiger partial charge in [-0.25, -0.2) is 0 Å². The predicted octanol–water partition coefficient (Wildman–Crippen LogP) is 2.88. The van der Waals surface area contributed by atoms with Crippen LogP contribution in [0, 0.1) is 5.92 Å². The lowest BCUT2D eigenvalue weighted by molar-refractivity contribution is -0.139. The van der Waals surface area contributed by atoms with Gasteiger partial charge >= 0.3 is 0 Å². The van der Waals surface area contributed by atoms with Gasteiger partial charge in [-0.1, -0.05) is 25.0 Å². The van der Waals surface area contributed by atoms with Gasteiger partial charge in [0, 0.05) is 39.3 Å². The molecule has 0 N–H and O–H groups in total. The van der Waals surface area contributed by atoms with Crippen molar-refractivity contribution in [1.29, 1.82) is 0 Å². The van der Waals surface area contributed by atoms with E-state index in [0.717, 1.165) is 39.0 Å². The number of nitrogens with zero attached hydrogens (tertiary/aromatic N) is 3. The van der Waals surface area contributed by atoms with Crippen LogP contribution >= 0.6 is 0 Å². The molecule has 0 radical (unpaired) electrons. The van der Waals surface area contributed by atoms with E-state index in [1.807, 2.05) is 34.1 Å². The number of rotatable bonds is 7. The molecular weight excluding hydrogens is 366 g/mol. The monoisotopic (exact) mass is 401 g/mol. The highest BCUT2D eigenvalue weighted by atomic mass is 16.5. The molecule has 1 saturated carbocycles. The standard InChI is InChI=1S/C23H35N3O3/c1-4-24(5-2)23(28)21(18-10-6-7-11-18)25-14-16-26(17-15-25)22(27)19-12-8-9-13-20(19)29-3/h8-9,12-13,18,21H,4-7,10-11,14-17H2,1-3H3/t21-/m0/s1. The molecule has 0 unspecified atom stereocenters. The van der Waals surface area contributed by atoms with Crippen LogP contribution < -0.4 is 4.74 Å². The van der Waals surface area contributed by atoms with E-state index in [0.29, 0.717) is 30.3 Å². The lowest BCUT2D eigenvalue weighted by Crippen LogP contribution is -2.58. The van der Waals surface area contributed by atoms with Crippen LogP contribution in [0.2, 0.25) is 0 Å². The van der Waals surface area contributed by atoms with Gasteiger partial charge < -0.3 is 14.5 Å². The Bertz CT molecular complexity index is 690. The Kier molecular flexibility index (Phi) is 7.53. The van der Waals surface area contributed by atoms with Crippen molar-refractivity contribution in [1.82, 2.24) is 14.7 Å². The van der Waals surface area contributed by atoms with Crippen molar-refractivity contribution in [3.8, 4) is 5.75 Å². The van der Waals surface area contributed by atoms with E-state index < -0.39 is 0 Å². The highest BCUT2D eigenvalue weighted by Gasteiger charge is 2.39. The van der Waals surface area contributed by atoms with Crippen molar-refractivity contribution >= 4 is 11.8 Å². The van der Waals surface area contributed by atoms with Crippen LogP contribution in [-0.4, -0.2) is 78.9 Å². The molecule has 1 aliphatic carbocycles. The van der Waals surface area contributed by atoms with E-state index in [1.54, 1.807) is 7.11 Å². The minimum absolute atomic E-state index is 0.00888. The highest BCUT2D eigenvalue weighted by molar-refractivity contribution is 5.97. The van der Waals surface area contributed by atoms with Gasteiger partial charge in [0.25, 0.3) is 5.91 Å². The molecule has 1 saturated heterocycles. The van der Waals surface area contributed by atoms with Crippen molar-refractivity contribution in [2.75, 3.05) is 46.4 Å². The molecule has 1 heterocycles. The first kappa shape index (κ1) is 21.6. The summed E-state index contributed by atoms with van der Waals surface area (Å²) in [6.45, 7) is 8.39. The summed E-state index contributed by atoms with van der Waals surface area (Å²) < 4.78 is 5.36. The Hall–Kier alpha value is -2.08. The summed E-state index contributed by atoms with van der Waals surface area (Å²) in [6, 6.07) is 7.34. The summed E-state index contributed by atoms with van der Waals surface area (Å²) in [6.07, 6.45) is 4.72. The summed E-state index contributed by atoms with van der Waals surface area (Å²) in [5.41, 5.74) is 0.606. The van der Waals surface area contributed by atoms with E-state index in [2.05, 4.69) is 18.7 Å². The molecule has 1 aliphatic heterocycles. The van der Waals surface area contributed by atoms with Crippen molar-refractivity contribution in [2.45, 2.75) is 45.6 Å². The average Bonchev–Trinajstić information content (AvgIpc) is 3.29. The van der Waals surface area contributed by atoms with E-state index >= 15 is 0 Å². The van der Waals surface area contributed by atoms with Gasteiger partial charge in [-0.2, -0.15) is 0 Å². The predicted molar refractivity (Wildman–Crippen MR) is 114 cm³/mol. The van der Waals surface area contributed by atoms with Crippen LogP contribution in [0.4, 0.5) is 0 Å². The average molecular weight is 402 g/mol. The number of likely N-dealkylation sites (N-methyl/N-ethyl adjacent to an activating group) is 1. The minimum Gasteiger partial charge on any atom is -0.496 e. The number of para-hydroxylation sites is 1. The molecule has 2 aliphatic rings. The summed E-state index contributed by atoms with van der Waals surface area (Å²) in [4.78, 5) is 32.5. The second-order valence-corrected chi connectivity index (χ2v) is 8.03. The Morgan fingerprint density at radius 2 is 1.69 bits per heavy atom. The Balaban J connectivity index is 1.69. The number of hydrogen-bond acceptors (Lipinski definition) is 4. The maximum atomic E-state index is 13.3. The molecule has 29 heavy (non-hydrogen) atoms. The van der Waals surface area contributed by atoms with Gasteiger partial charge in [0.1, 0.15) is 5.75 Å². The summed E-state index contributed by atoms with van der Waals surface area (Å²) in [5, 5.41) is 0. The zero-order valence-electron chi connectivity index (χ0n) is 18.1. The summed E-state index contributed by atoms with van der Waals surface area (Å²) >= 11 is 0. The smallest absolute Gasteiger partial charge is 0.257 e. The van der Waals surface area contributed by atoms with Crippen molar-refractivity contribution < 1.29 is 14.3 Å². The maximum absolute atomic E-state index is 13.3. The zero-order chi connectivity index (χ0) is 20.8. The SMILES string of the molecule is CCN(CC)C(=O)[C@H](C1CCCC1)N1CCN(C(=O)c2ccccc2OC)CC1. The molecule has 2 fully saturated rings. The van der Waals surface area contributed by atoms with E-state index in [1.165, 1.54) is 12.8 Å². The van der Waals surface area contributed by atoms with Crippen molar-refractivity contribution in [2.24, 2.45) is 5.92 Å². The molecule has 0 spiro atoms. The highest BCUT2D eigenvalue weighted by Crippen LogP contribution is 2.32. The molecule has 1 aromatic rings. The van der Waals surface area contributed by atoms with Crippen LogP contribution in [0.5, 0.6) is 5.75 Å². The number of piperazine rings is 1. The number of hydrogen-bond donors (Lipinski definition) is 0. The van der Waals surface area contributed by atoms with Gasteiger partial charge in [-0.15, -0.1) is 0 Å². The fraction of sp³-hybridized carbons (Fsp3) is 0.652. The third kappa shape index (κ3) is 4.74. The quantitative estimate of drug-likeness (QED) is 0.705. The number of amides is 2. The fourth-order valence-corrected chi connectivity index (χ4v) is 4.85. The van der Waals surface area contributed by atoms with E-state index in [9.17, 15) is 9.59 Å². The summed E-state index contributed by atoms with van der Waals surface area (Å²) in [7, 11) is 1.59. The van der Waals surface area contributed by atoms with Crippen LogP contribution in [-0.2, 0) is 4.79 Å². The number of carbonyl (C=O) groups is 2. The summed E-state index contributed by atoms with van der Waals surface area (Å²) in [5.74, 6) is 1.33. The molecule has 1 atom stereocenters. The zero-order valence-corrected chi connectivity index (χ0v) is 18.1. The second kappa shape index (κ2) is 10.1. The van der Waals surface area contributed by atoms with Gasteiger partial charge in [-0.3, -0.25) is 14.5 Å². The number of ether oxygens (including phenoxy) is 1. The van der Waals surface area contributed by atoms with Crippen molar-refractivity contribution in [3.63, 3.8) is 0 Å². The molecule has 6 nitrogen and oxygen atoms in total. The van der Waals surface area contributed by atoms with Gasteiger partial charge in [0.05, 0.1) is 18.7 Å². The molecule has 0 aromatic heterocycles. The molecule has 2 amide bonds. The third-order valence-electron chi connectivity index (χ3n) is 6.51. The fourth-order valence-electron chi connectivity index (χ4n) is 4.85. The number of benzene rings is 1. The first-order chi connectivity index (χ1) is 14.1. The van der Waals surface area contributed by atoms with Crippen LogP contribution in [0.15, 0.2) is 24.3 Å². The van der Waals surface area contributed by atoms with Crippen LogP contribution in [0.3, 0.4) is 0 Å². The van der Waals surface area contributed by atoms with Gasteiger partial charge in [0.15, 0.2) is 0 Å². The van der Waals surface area contributed by atoms with E-state index in [4.69, 9.17) is 4.74 Å². The Labute approximate surface area is 174 Å². The van der Waals surface area contributed by atoms with Crippen molar-refractivity contribution in [3.05, 3.63) is 29.8 Å². The van der Waals surface area contributed by atoms with E-state index in [-0.39, 0.29) is 17.9 Å².